The standard InChI is InChI=1S/C38H51ClFN7O2/c1-45(2)36(48)33-23-30(40)12-17-34(33)43-31-13-15-32(16-14-31)44-35(22-27-8-10-29(39)11-9-27)37(49)46-20-18-38(19-21-46,24-47-26-41-25-42-47)28-6-4-3-5-7-28/h8-12,17,23,25-26,28,31-32,35,43-44H,3-7,13-16,18-22,24H2,1-2H3/t31?,32?,35-/m1/s1. The van der Waals surface area contributed by atoms with Gasteiger partial charge in [-0.1, -0.05) is 43.0 Å². The number of amides is 2. The summed E-state index contributed by atoms with van der Waals surface area (Å²) < 4.78 is 16.0. The minimum absolute atomic E-state index is 0.136. The Bertz CT molecular complexity index is 1530. The fourth-order valence-corrected chi connectivity index (χ4v) is 8.61. The smallest absolute Gasteiger partial charge is 0.255 e. The average molecular weight is 692 g/mol. The summed E-state index contributed by atoms with van der Waals surface area (Å²) >= 11 is 6.20. The van der Waals surface area contributed by atoms with Gasteiger partial charge >= 0.3 is 0 Å². The lowest BCUT2D eigenvalue weighted by atomic mass is 9.63. The minimum Gasteiger partial charge on any atom is -0.382 e. The molecule has 2 N–H and O–H groups in total. The van der Waals surface area contributed by atoms with Crippen molar-refractivity contribution in [2.24, 2.45) is 11.3 Å². The second-order valence-electron chi connectivity index (χ2n) is 14.7. The van der Waals surface area contributed by atoms with Gasteiger partial charge in [0.05, 0.1) is 11.6 Å². The molecule has 1 atom stereocenters. The van der Waals surface area contributed by atoms with Gasteiger partial charge in [0.25, 0.3) is 5.91 Å². The number of hydrogen-bond acceptors (Lipinski definition) is 6. The average Bonchev–Trinajstić information content (AvgIpc) is 3.63. The van der Waals surface area contributed by atoms with Crippen LogP contribution in [-0.2, 0) is 17.8 Å². The van der Waals surface area contributed by atoms with Crippen LogP contribution in [0.15, 0.2) is 55.1 Å². The number of nitrogens with one attached hydrogen (secondary N) is 2. The summed E-state index contributed by atoms with van der Waals surface area (Å²) in [7, 11) is 3.34. The number of aromatic nitrogens is 3. The molecular weight excluding hydrogens is 641 g/mol. The summed E-state index contributed by atoms with van der Waals surface area (Å²) in [5.41, 5.74) is 2.22. The molecular formula is C38H51ClFN7O2. The molecule has 1 aliphatic heterocycles. The molecule has 264 valence electrons. The maximum Gasteiger partial charge on any atom is 0.255 e. The SMILES string of the molecule is CN(C)C(=O)c1cc(F)ccc1NC1CCC(N[C@H](Cc2ccc(Cl)cc2)C(=O)N2CCC(Cn3cncn3)(C3CCCCC3)CC2)CC1. The molecule has 9 nitrogen and oxygen atoms in total. The highest BCUT2D eigenvalue weighted by Gasteiger charge is 2.44. The van der Waals surface area contributed by atoms with Crippen LogP contribution in [0.2, 0.25) is 5.02 Å². The lowest BCUT2D eigenvalue weighted by Crippen LogP contribution is -2.55. The van der Waals surface area contributed by atoms with Gasteiger partial charge in [0.15, 0.2) is 0 Å². The molecule has 3 aliphatic rings. The number of likely N-dealkylation sites (tertiary alicyclic amines) is 1. The minimum atomic E-state index is -0.427. The Kier molecular flexibility index (Phi) is 11.6. The zero-order valence-electron chi connectivity index (χ0n) is 28.9. The monoisotopic (exact) mass is 691 g/mol. The topological polar surface area (TPSA) is 95.4 Å². The van der Waals surface area contributed by atoms with Crippen molar-refractivity contribution in [3.63, 3.8) is 0 Å². The van der Waals surface area contributed by atoms with E-state index in [0.29, 0.717) is 28.6 Å². The highest BCUT2D eigenvalue weighted by molar-refractivity contribution is 6.30. The molecule has 0 radical (unpaired) electrons. The van der Waals surface area contributed by atoms with Crippen molar-refractivity contribution >= 4 is 29.1 Å². The summed E-state index contributed by atoms with van der Waals surface area (Å²) in [5, 5.41) is 12.5. The van der Waals surface area contributed by atoms with Crippen molar-refractivity contribution < 1.29 is 14.0 Å². The molecule has 2 amide bonds. The third-order valence-electron chi connectivity index (χ3n) is 11.3. The van der Waals surface area contributed by atoms with E-state index in [2.05, 4.69) is 25.6 Å². The van der Waals surface area contributed by atoms with Gasteiger partial charge in [0.2, 0.25) is 5.91 Å². The first-order valence-corrected chi connectivity index (χ1v) is 18.5. The Hall–Kier alpha value is -3.50. The Morgan fingerprint density at radius 3 is 2.33 bits per heavy atom. The van der Waals surface area contributed by atoms with Crippen molar-refractivity contribution in [3.05, 3.63) is 77.1 Å². The van der Waals surface area contributed by atoms with Crippen molar-refractivity contribution in [2.75, 3.05) is 32.5 Å². The van der Waals surface area contributed by atoms with Crippen molar-refractivity contribution in [3.8, 4) is 0 Å². The molecule has 1 saturated heterocycles. The highest BCUT2D eigenvalue weighted by Crippen LogP contribution is 2.47. The van der Waals surface area contributed by atoms with Crippen LogP contribution >= 0.6 is 11.6 Å². The lowest BCUT2D eigenvalue weighted by molar-refractivity contribution is -0.137. The normalized spacial score (nSPS) is 22.0. The first-order chi connectivity index (χ1) is 23.7. The van der Waals surface area contributed by atoms with Gasteiger partial charge in [-0.2, -0.15) is 5.10 Å². The third kappa shape index (κ3) is 8.81. The molecule has 2 aromatic carbocycles. The third-order valence-corrected chi connectivity index (χ3v) is 11.5. The lowest BCUT2D eigenvalue weighted by Gasteiger charge is -2.48. The van der Waals surface area contributed by atoms with Gasteiger partial charge in [0.1, 0.15) is 18.5 Å². The molecule has 0 unspecified atom stereocenters. The molecule has 0 bridgehead atoms. The van der Waals surface area contributed by atoms with Gasteiger partial charge in [-0.15, -0.1) is 0 Å². The van der Waals surface area contributed by atoms with E-state index in [9.17, 15) is 14.0 Å². The molecule has 2 heterocycles. The molecule has 1 aromatic heterocycles. The summed E-state index contributed by atoms with van der Waals surface area (Å²) in [6.07, 6.45) is 16.0. The Morgan fingerprint density at radius 2 is 1.67 bits per heavy atom. The molecule has 2 aliphatic carbocycles. The Morgan fingerprint density at radius 1 is 0.980 bits per heavy atom. The molecule has 3 aromatic rings. The highest BCUT2D eigenvalue weighted by atomic mass is 35.5. The molecule has 3 fully saturated rings. The zero-order chi connectivity index (χ0) is 34.4. The van der Waals surface area contributed by atoms with E-state index in [-0.39, 0.29) is 35.4 Å². The zero-order valence-corrected chi connectivity index (χ0v) is 29.7. The van der Waals surface area contributed by atoms with E-state index >= 15 is 0 Å². The van der Waals surface area contributed by atoms with Gasteiger partial charge in [-0.25, -0.2) is 9.37 Å². The van der Waals surface area contributed by atoms with Gasteiger partial charge in [0, 0.05) is 56.5 Å². The van der Waals surface area contributed by atoms with Crippen LogP contribution < -0.4 is 10.6 Å². The van der Waals surface area contributed by atoms with E-state index < -0.39 is 5.82 Å². The molecule has 49 heavy (non-hydrogen) atoms. The Labute approximate surface area is 295 Å². The number of carbonyl (C=O) groups is 2. The van der Waals surface area contributed by atoms with Crippen LogP contribution in [0.5, 0.6) is 0 Å². The number of rotatable bonds is 11. The summed E-state index contributed by atoms with van der Waals surface area (Å²) in [4.78, 5) is 34.9. The van der Waals surface area contributed by atoms with Crippen molar-refractivity contribution in [1.29, 1.82) is 0 Å². The second-order valence-corrected chi connectivity index (χ2v) is 15.2. The van der Waals surface area contributed by atoms with Crippen molar-refractivity contribution in [1.82, 2.24) is 29.9 Å². The molecule has 11 heteroatoms. The van der Waals surface area contributed by atoms with Gasteiger partial charge < -0.3 is 20.4 Å². The number of carbonyl (C=O) groups excluding carboxylic acids is 2. The molecule has 6 rings (SSSR count). The summed E-state index contributed by atoms with van der Waals surface area (Å²) in [5.74, 6) is 0.171. The van der Waals surface area contributed by atoms with Crippen LogP contribution in [-0.4, -0.2) is 81.7 Å². The largest absolute Gasteiger partial charge is 0.382 e. The fraction of sp³-hybridized carbons (Fsp3) is 0.579. The predicted octanol–water partition coefficient (Wildman–Crippen LogP) is 6.59. The van der Waals surface area contributed by atoms with Crippen molar-refractivity contribution in [2.45, 2.75) is 102 Å². The van der Waals surface area contributed by atoms with Crippen LogP contribution in [0.3, 0.4) is 0 Å². The molecule has 0 spiro atoms. The summed E-state index contributed by atoms with van der Waals surface area (Å²) in [6.45, 7) is 2.38. The summed E-state index contributed by atoms with van der Waals surface area (Å²) in [6, 6.07) is 12.2. The van der Waals surface area contributed by atoms with E-state index in [1.54, 1.807) is 26.5 Å². The van der Waals surface area contributed by atoms with E-state index in [1.807, 2.05) is 35.3 Å². The number of hydrogen-bond donors (Lipinski definition) is 2. The number of halogens is 2. The fourth-order valence-electron chi connectivity index (χ4n) is 8.48. The maximum absolute atomic E-state index is 14.4. The van der Waals surface area contributed by atoms with Crippen LogP contribution in [0.4, 0.5) is 10.1 Å². The Balaban J connectivity index is 1.11. The van der Waals surface area contributed by atoms with Crippen LogP contribution in [0.25, 0.3) is 0 Å². The maximum atomic E-state index is 14.4. The van der Waals surface area contributed by atoms with E-state index in [1.165, 1.54) is 49.1 Å². The first-order valence-electron chi connectivity index (χ1n) is 18.1. The quantitative estimate of drug-likeness (QED) is 0.236. The van der Waals surface area contributed by atoms with Gasteiger partial charge in [-0.3, -0.25) is 14.3 Å². The van der Waals surface area contributed by atoms with Crippen LogP contribution in [0, 0.1) is 17.2 Å². The van der Waals surface area contributed by atoms with E-state index in [4.69, 9.17) is 11.6 Å². The predicted molar refractivity (Wildman–Crippen MR) is 191 cm³/mol. The number of nitrogens with zero attached hydrogens (tertiary/aromatic N) is 5. The first kappa shape index (κ1) is 35.3. The number of piperidine rings is 1. The number of anilines is 1. The molecule has 2 saturated carbocycles. The van der Waals surface area contributed by atoms with Crippen LogP contribution in [0.1, 0.15) is 86.6 Å². The second kappa shape index (κ2) is 16.0. The van der Waals surface area contributed by atoms with Gasteiger partial charge in [-0.05, 0) is 105 Å². The number of benzene rings is 2. The van der Waals surface area contributed by atoms with E-state index in [0.717, 1.165) is 63.7 Å².